The Morgan fingerprint density at radius 2 is 1.47 bits per heavy atom. The first-order valence-corrected chi connectivity index (χ1v) is 24.2. The van der Waals surface area contributed by atoms with E-state index in [1.807, 2.05) is 31.3 Å². The molecule has 0 aliphatic heterocycles. The average molecular weight is 1010 g/mol. The summed E-state index contributed by atoms with van der Waals surface area (Å²) in [7, 11) is -1.47. The van der Waals surface area contributed by atoms with Gasteiger partial charge in [-0.1, -0.05) is 143 Å². The first-order chi connectivity index (χ1) is 30.5. The van der Waals surface area contributed by atoms with Crippen molar-refractivity contribution >= 4 is 68.0 Å². The van der Waals surface area contributed by atoms with Crippen LogP contribution in [0.2, 0.25) is 19.6 Å². The van der Waals surface area contributed by atoms with E-state index in [4.69, 9.17) is 23.5 Å². The number of pyridine rings is 3. The summed E-state index contributed by atoms with van der Waals surface area (Å²) in [6.45, 7) is 15.2. The predicted octanol–water partition coefficient (Wildman–Crippen LogP) is 13.6. The number of halogens is 1. The molecule has 0 N–H and O–H groups in total. The van der Waals surface area contributed by atoms with Crippen molar-refractivity contribution in [2.24, 2.45) is 0 Å². The maximum atomic E-state index is 14.4. The minimum absolute atomic E-state index is 0. The van der Waals surface area contributed by atoms with Gasteiger partial charge in [0.05, 0.1) is 36.0 Å². The molecule has 0 saturated heterocycles. The number of nitrogens with zero attached hydrogens (tertiary/aromatic N) is 5. The number of rotatable bonds is 6. The maximum absolute atomic E-state index is 14.4. The third kappa shape index (κ3) is 7.57. The van der Waals surface area contributed by atoms with Crippen molar-refractivity contribution in [1.82, 2.24) is 24.5 Å². The molecule has 0 aliphatic carbocycles. The van der Waals surface area contributed by atoms with E-state index < -0.39 is 20.7 Å². The molecule has 0 spiro atoms. The van der Waals surface area contributed by atoms with Gasteiger partial charge in [-0.05, 0) is 58.3 Å². The molecule has 5 heterocycles. The van der Waals surface area contributed by atoms with Crippen LogP contribution in [0.25, 0.3) is 83.1 Å². The van der Waals surface area contributed by atoms with Gasteiger partial charge in [0.2, 0.25) is 5.71 Å². The second-order valence-electron chi connectivity index (χ2n) is 17.3. The summed E-state index contributed by atoms with van der Waals surface area (Å²) in [5.41, 5.74) is 9.85. The molecular weight excluding hydrogens is 962 g/mol. The number of furan rings is 1. The van der Waals surface area contributed by atoms with Gasteiger partial charge in [0.15, 0.2) is 0 Å². The molecule has 0 saturated carbocycles. The van der Waals surface area contributed by atoms with Crippen LogP contribution in [0.4, 0.5) is 4.39 Å². The fraction of sp³-hybridized carbons (Fsp3) is 0.208. The van der Waals surface area contributed by atoms with Gasteiger partial charge in [-0.15, -0.1) is 36.4 Å². The molecule has 0 atom stereocenters. The Kier molecular flexibility index (Phi) is 10.6. The van der Waals surface area contributed by atoms with Crippen molar-refractivity contribution in [3.8, 4) is 28.3 Å². The Morgan fingerprint density at radius 1 is 0.742 bits per heavy atom. The van der Waals surface area contributed by atoms with Gasteiger partial charge in [0.25, 0.3) is 0 Å². The summed E-state index contributed by atoms with van der Waals surface area (Å²) in [6.07, 6.45) is 3.63. The zero-order chi connectivity index (χ0) is 45.2. The standard InChI is InChI=1S/C38H31N4O.C15H17FNSi.Ir/c1-21(2)26-12-8-13-27(22(3)4)34(26)42-35-31(19-18-24-17-16-23(5)40-33(24)35)41-37(42)30-15-9-14-29-32-28-11-7-6-10-25(28)20-39-38(32)43-36(29)30;1-11-6-5-7-13(15(11)16)14-9-8-12(10-17-14)18(2,3)4;/h6-14,16-22H,1-5H3;5-6,8-10H,1-4H3;/q2*-1;/i;1D3;. The first kappa shape index (κ1) is 39.0. The predicted molar refractivity (Wildman–Crippen MR) is 252 cm³/mol. The van der Waals surface area contributed by atoms with Crippen molar-refractivity contribution in [3.63, 3.8) is 0 Å². The third-order valence-corrected chi connectivity index (χ3v) is 13.4. The second kappa shape index (κ2) is 16.8. The van der Waals surface area contributed by atoms with Crippen molar-refractivity contribution in [1.29, 1.82) is 0 Å². The number of imidazole rings is 1. The number of fused-ring (bicyclic) bond motifs is 8. The van der Waals surface area contributed by atoms with Crippen LogP contribution < -0.4 is 5.19 Å². The molecule has 5 aromatic heterocycles. The number of aromatic nitrogens is 5. The van der Waals surface area contributed by atoms with E-state index in [-0.39, 0.29) is 31.2 Å². The van der Waals surface area contributed by atoms with E-state index in [1.54, 1.807) is 12.3 Å². The summed E-state index contributed by atoms with van der Waals surface area (Å²) in [4.78, 5) is 19.4. The molecule has 0 fully saturated rings. The molecule has 5 aromatic carbocycles. The van der Waals surface area contributed by atoms with Crippen molar-refractivity contribution in [2.45, 2.75) is 72.9 Å². The van der Waals surface area contributed by atoms with E-state index in [2.05, 4.69) is 136 Å². The summed E-state index contributed by atoms with van der Waals surface area (Å²) in [6, 6.07) is 40.1. The zero-order valence-corrected chi connectivity index (χ0v) is 39.4. The van der Waals surface area contributed by atoms with E-state index in [0.29, 0.717) is 23.2 Å². The van der Waals surface area contributed by atoms with E-state index in [0.717, 1.165) is 71.8 Å². The van der Waals surface area contributed by atoms with Gasteiger partial charge in [-0.2, -0.15) is 0 Å². The van der Waals surface area contributed by atoms with E-state index in [9.17, 15) is 4.39 Å². The molecule has 9 heteroatoms. The van der Waals surface area contributed by atoms with Gasteiger partial charge >= 0.3 is 0 Å². The molecule has 1 radical (unpaired) electrons. The SMILES string of the molecule is Cc1ccc2ccc3nc(-c4[c-]ccc5c4oc4ncc6ccccc6c45)n(-c4c(C(C)C)cccc4C(C)C)c3c2n1.[2H]C([2H])([2H])c1cc[c-]c(-c2ccc([Si](C)(C)C)cn2)c1F.[Ir]. The zero-order valence-electron chi connectivity index (χ0n) is 39.0. The molecule has 62 heavy (non-hydrogen) atoms. The quantitative estimate of drug-likeness (QED) is 0.123. The average Bonchev–Trinajstić information content (AvgIpc) is 3.85. The van der Waals surface area contributed by atoms with Crippen LogP contribution >= 0.6 is 0 Å². The molecule has 10 aromatic rings. The number of hydrogen-bond donors (Lipinski definition) is 0. The smallest absolute Gasteiger partial charge is 0.216 e. The molecular formula is C53H48FIrN5OSi-2. The molecule has 0 aliphatic rings. The second-order valence-corrected chi connectivity index (χ2v) is 22.4. The fourth-order valence-electron chi connectivity index (χ4n) is 8.18. The van der Waals surface area contributed by atoms with Gasteiger partial charge in [0.1, 0.15) is 0 Å². The van der Waals surface area contributed by atoms with Crippen LogP contribution in [0.3, 0.4) is 0 Å². The van der Waals surface area contributed by atoms with Crippen molar-refractivity contribution in [2.75, 3.05) is 0 Å². The number of hydrogen-bond acceptors (Lipinski definition) is 5. The molecule has 0 bridgehead atoms. The summed E-state index contributed by atoms with van der Waals surface area (Å²) < 4.78 is 45.3. The molecule has 313 valence electrons. The Balaban J connectivity index is 0.000000222. The van der Waals surface area contributed by atoms with E-state index in [1.165, 1.54) is 28.4 Å². The number of para-hydroxylation sites is 1. The number of aryl methyl sites for hydroxylation is 2. The van der Waals surface area contributed by atoms with Gasteiger partial charge in [-0.3, -0.25) is 14.4 Å². The molecule has 0 unspecified atom stereocenters. The maximum Gasteiger partial charge on any atom is 0.216 e. The van der Waals surface area contributed by atoms with Gasteiger partial charge in [-0.25, -0.2) is 4.98 Å². The summed E-state index contributed by atoms with van der Waals surface area (Å²) in [5.74, 6) is 0.607. The van der Waals surface area contributed by atoms with Crippen molar-refractivity contribution < 1.29 is 33.0 Å². The summed E-state index contributed by atoms with van der Waals surface area (Å²) in [5, 5.41) is 6.47. The summed E-state index contributed by atoms with van der Waals surface area (Å²) >= 11 is 0. The van der Waals surface area contributed by atoms with Crippen LogP contribution in [-0.4, -0.2) is 32.6 Å². The van der Waals surface area contributed by atoms with Crippen LogP contribution in [-0.2, 0) is 20.1 Å². The Bertz CT molecular complexity index is 3380. The number of benzene rings is 5. The minimum atomic E-state index is -2.48. The minimum Gasteiger partial charge on any atom is -0.486 e. The first-order valence-electron chi connectivity index (χ1n) is 22.2. The molecule has 10 rings (SSSR count). The third-order valence-electron chi connectivity index (χ3n) is 11.4. The van der Waals surface area contributed by atoms with Crippen molar-refractivity contribution in [3.05, 3.63) is 156 Å². The van der Waals surface area contributed by atoms with Crippen LogP contribution in [0.15, 0.2) is 120 Å². The van der Waals surface area contributed by atoms with Crippen LogP contribution in [0.1, 0.15) is 66.0 Å². The normalized spacial score (nSPS) is 12.8. The van der Waals surface area contributed by atoms with E-state index >= 15 is 0 Å². The fourth-order valence-corrected chi connectivity index (χ4v) is 9.22. The van der Waals surface area contributed by atoms with Gasteiger partial charge in [0, 0.05) is 70.0 Å². The molecule has 6 nitrogen and oxygen atoms in total. The Morgan fingerprint density at radius 3 is 2.18 bits per heavy atom. The topological polar surface area (TPSA) is 69.6 Å². The van der Waals surface area contributed by atoms with Crippen LogP contribution in [0, 0.1) is 31.7 Å². The monoisotopic (exact) mass is 1010 g/mol. The van der Waals surface area contributed by atoms with Crippen LogP contribution in [0.5, 0.6) is 0 Å². The Labute approximate surface area is 380 Å². The Hall–Kier alpha value is -5.86. The van der Waals surface area contributed by atoms with Gasteiger partial charge < -0.3 is 14.0 Å². The molecule has 0 amide bonds. The largest absolute Gasteiger partial charge is 0.486 e.